The van der Waals surface area contributed by atoms with Crippen LogP contribution in [0.15, 0.2) is 30.6 Å². The van der Waals surface area contributed by atoms with Crippen molar-refractivity contribution in [2.75, 3.05) is 12.4 Å². The molecule has 0 aliphatic rings. The van der Waals surface area contributed by atoms with E-state index in [2.05, 4.69) is 10.3 Å². The molecule has 20 heavy (non-hydrogen) atoms. The van der Waals surface area contributed by atoms with Gasteiger partial charge < -0.3 is 14.6 Å². The van der Waals surface area contributed by atoms with Crippen LogP contribution in [-0.2, 0) is 17.8 Å². The summed E-state index contributed by atoms with van der Waals surface area (Å²) in [4.78, 5) is 16.0. The molecule has 0 spiro atoms. The van der Waals surface area contributed by atoms with Crippen molar-refractivity contribution < 1.29 is 9.53 Å². The Morgan fingerprint density at radius 2 is 2.30 bits per heavy atom. The van der Waals surface area contributed by atoms with Gasteiger partial charge in [-0.3, -0.25) is 0 Å². The predicted octanol–water partition coefficient (Wildman–Crippen LogP) is 2.96. The highest BCUT2D eigenvalue weighted by Crippen LogP contribution is 2.22. The summed E-state index contributed by atoms with van der Waals surface area (Å²) in [7, 11) is 1.34. The van der Waals surface area contributed by atoms with Crippen LogP contribution in [0.3, 0.4) is 0 Å². The molecule has 6 heteroatoms. The topological polar surface area (TPSA) is 56.2 Å². The molecule has 0 atom stereocenters. The molecule has 5 nitrogen and oxygen atoms in total. The SMILES string of the molecule is CCn1ccnc1CNc1ccc(Cl)cc1C(=O)OC. The van der Waals surface area contributed by atoms with Gasteiger partial charge in [-0.2, -0.15) is 0 Å². The maximum absolute atomic E-state index is 11.7. The van der Waals surface area contributed by atoms with Gasteiger partial charge in [0.1, 0.15) is 5.82 Å². The number of carbonyl (C=O) groups is 1. The summed E-state index contributed by atoms with van der Waals surface area (Å²) < 4.78 is 6.78. The van der Waals surface area contributed by atoms with E-state index in [1.165, 1.54) is 7.11 Å². The fraction of sp³-hybridized carbons (Fsp3) is 0.286. The number of halogens is 1. The van der Waals surface area contributed by atoms with Crippen molar-refractivity contribution >= 4 is 23.3 Å². The molecular formula is C14H16ClN3O2. The van der Waals surface area contributed by atoms with Gasteiger partial charge in [0.2, 0.25) is 0 Å². The molecule has 1 aromatic heterocycles. The average Bonchev–Trinajstić information content (AvgIpc) is 2.92. The number of esters is 1. The first-order chi connectivity index (χ1) is 9.65. The van der Waals surface area contributed by atoms with Gasteiger partial charge >= 0.3 is 5.97 Å². The number of hydrogen-bond donors (Lipinski definition) is 1. The highest BCUT2D eigenvalue weighted by molar-refractivity contribution is 6.31. The Balaban J connectivity index is 2.19. The van der Waals surface area contributed by atoms with Crippen molar-refractivity contribution in [1.29, 1.82) is 0 Å². The molecule has 2 aromatic rings. The van der Waals surface area contributed by atoms with Gasteiger partial charge in [-0.05, 0) is 25.1 Å². The van der Waals surface area contributed by atoms with E-state index in [0.717, 1.165) is 12.4 Å². The first kappa shape index (κ1) is 14.4. The third-order valence-corrected chi connectivity index (χ3v) is 3.20. The minimum atomic E-state index is -0.422. The van der Waals surface area contributed by atoms with Crippen molar-refractivity contribution in [3.05, 3.63) is 47.0 Å². The number of nitrogens with zero attached hydrogens (tertiary/aromatic N) is 2. The first-order valence-electron chi connectivity index (χ1n) is 6.27. The molecule has 2 rings (SSSR count). The standard InChI is InChI=1S/C14H16ClN3O2/c1-3-18-7-6-16-13(18)9-17-12-5-4-10(15)8-11(12)14(19)20-2/h4-8,17H,3,9H2,1-2H3. The lowest BCUT2D eigenvalue weighted by Crippen LogP contribution is -2.11. The summed E-state index contributed by atoms with van der Waals surface area (Å²) in [5.74, 6) is 0.479. The van der Waals surface area contributed by atoms with Crippen LogP contribution in [0.4, 0.5) is 5.69 Å². The van der Waals surface area contributed by atoms with Gasteiger partial charge in [0, 0.05) is 29.6 Å². The fourth-order valence-corrected chi connectivity index (χ4v) is 2.09. The Labute approximate surface area is 122 Å². The van der Waals surface area contributed by atoms with Crippen LogP contribution in [0.25, 0.3) is 0 Å². The van der Waals surface area contributed by atoms with E-state index in [9.17, 15) is 4.79 Å². The van der Waals surface area contributed by atoms with Crippen molar-refractivity contribution in [1.82, 2.24) is 9.55 Å². The lowest BCUT2D eigenvalue weighted by Gasteiger charge is -2.11. The second kappa shape index (κ2) is 6.43. The normalized spacial score (nSPS) is 10.3. The molecule has 1 N–H and O–H groups in total. The second-order valence-electron chi connectivity index (χ2n) is 4.16. The number of carbonyl (C=O) groups excluding carboxylic acids is 1. The van der Waals surface area contributed by atoms with Crippen LogP contribution in [0.2, 0.25) is 5.02 Å². The monoisotopic (exact) mass is 293 g/mol. The zero-order chi connectivity index (χ0) is 14.5. The Kier molecular flexibility index (Phi) is 4.63. The lowest BCUT2D eigenvalue weighted by atomic mass is 10.2. The number of benzene rings is 1. The summed E-state index contributed by atoms with van der Waals surface area (Å²) >= 11 is 5.91. The number of imidazole rings is 1. The van der Waals surface area contributed by atoms with Crippen LogP contribution >= 0.6 is 11.6 Å². The number of aryl methyl sites for hydroxylation is 1. The fourth-order valence-electron chi connectivity index (χ4n) is 1.92. The number of hydrogen-bond acceptors (Lipinski definition) is 4. The van der Waals surface area contributed by atoms with E-state index in [1.54, 1.807) is 24.4 Å². The molecule has 0 saturated heterocycles. The molecule has 1 heterocycles. The van der Waals surface area contributed by atoms with Crippen molar-refractivity contribution in [3.8, 4) is 0 Å². The molecule has 0 aliphatic carbocycles. The summed E-state index contributed by atoms with van der Waals surface area (Å²) in [5, 5.41) is 3.68. The average molecular weight is 294 g/mol. The highest BCUT2D eigenvalue weighted by Gasteiger charge is 2.13. The van der Waals surface area contributed by atoms with Crippen LogP contribution in [0.1, 0.15) is 23.1 Å². The minimum Gasteiger partial charge on any atom is -0.465 e. The van der Waals surface area contributed by atoms with Gasteiger partial charge in [-0.15, -0.1) is 0 Å². The third-order valence-electron chi connectivity index (χ3n) is 2.97. The zero-order valence-electron chi connectivity index (χ0n) is 11.4. The molecule has 106 valence electrons. The molecule has 0 aliphatic heterocycles. The summed E-state index contributed by atoms with van der Waals surface area (Å²) in [6.07, 6.45) is 3.67. The third kappa shape index (κ3) is 3.11. The highest BCUT2D eigenvalue weighted by atomic mass is 35.5. The number of ether oxygens (including phenoxy) is 1. The predicted molar refractivity (Wildman–Crippen MR) is 78.0 cm³/mol. The van der Waals surface area contributed by atoms with Crippen LogP contribution < -0.4 is 5.32 Å². The number of anilines is 1. The van der Waals surface area contributed by atoms with Gasteiger partial charge in [-0.25, -0.2) is 9.78 Å². The quantitative estimate of drug-likeness (QED) is 0.861. The number of nitrogens with one attached hydrogen (secondary N) is 1. The minimum absolute atomic E-state index is 0.412. The Bertz CT molecular complexity index is 610. The molecule has 0 bridgehead atoms. The van der Waals surface area contributed by atoms with Crippen LogP contribution in [0, 0.1) is 0 Å². The van der Waals surface area contributed by atoms with E-state index in [4.69, 9.17) is 16.3 Å². The van der Waals surface area contributed by atoms with Crippen molar-refractivity contribution in [2.45, 2.75) is 20.0 Å². The van der Waals surface area contributed by atoms with Gasteiger partial charge in [-0.1, -0.05) is 11.6 Å². The molecule has 0 saturated carbocycles. The van der Waals surface area contributed by atoms with E-state index in [1.807, 2.05) is 17.7 Å². The molecular weight excluding hydrogens is 278 g/mol. The largest absolute Gasteiger partial charge is 0.465 e. The van der Waals surface area contributed by atoms with Gasteiger partial charge in [0.25, 0.3) is 0 Å². The second-order valence-corrected chi connectivity index (χ2v) is 4.60. The molecule has 0 unspecified atom stereocenters. The Hall–Kier alpha value is -2.01. The zero-order valence-corrected chi connectivity index (χ0v) is 12.1. The van der Waals surface area contributed by atoms with E-state index >= 15 is 0 Å². The molecule has 0 radical (unpaired) electrons. The molecule has 0 amide bonds. The van der Waals surface area contributed by atoms with E-state index in [0.29, 0.717) is 22.8 Å². The number of rotatable bonds is 5. The van der Waals surface area contributed by atoms with Crippen molar-refractivity contribution in [2.24, 2.45) is 0 Å². The van der Waals surface area contributed by atoms with Gasteiger partial charge in [0.15, 0.2) is 0 Å². The summed E-state index contributed by atoms with van der Waals surface area (Å²) in [6, 6.07) is 5.07. The van der Waals surface area contributed by atoms with Gasteiger partial charge in [0.05, 0.1) is 19.2 Å². The van der Waals surface area contributed by atoms with E-state index < -0.39 is 5.97 Å². The molecule has 0 fully saturated rings. The maximum atomic E-state index is 11.7. The van der Waals surface area contributed by atoms with Crippen molar-refractivity contribution in [3.63, 3.8) is 0 Å². The van der Waals surface area contributed by atoms with Crippen LogP contribution in [-0.4, -0.2) is 22.6 Å². The summed E-state index contributed by atoms with van der Waals surface area (Å²) in [6.45, 7) is 3.42. The first-order valence-corrected chi connectivity index (χ1v) is 6.65. The smallest absolute Gasteiger partial charge is 0.340 e. The van der Waals surface area contributed by atoms with Crippen LogP contribution in [0.5, 0.6) is 0 Å². The number of aromatic nitrogens is 2. The molecule has 1 aromatic carbocycles. The van der Waals surface area contributed by atoms with E-state index in [-0.39, 0.29) is 0 Å². The summed E-state index contributed by atoms with van der Waals surface area (Å²) in [5.41, 5.74) is 1.08. The Morgan fingerprint density at radius 3 is 3.00 bits per heavy atom. The Morgan fingerprint density at radius 1 is 1.50 bits per heavy atom. The maximum Gasteiger partial charge on any atom is 0.340 e. The number of methoxy groups -OCH3 is 1. The lowest BCUT2D eigenvalue weighted by molar-refractivity contribution is 0.0602.